The Balaban J connectivity index is 1.61. The lowest BCUT2D eigenvalue weighted by Crippen LogP contribution is -2.59. The van der Waals surface area contributed by atoms with E-state index in [0.717, 1.165) is 21.9 Å². The highest BCUT2D eigenvalue weighted by molar-refractivity contribution is 6.42. The number of pyridine rings is 1. The molecule has 194 valence electrons. The van der Waals surface area contributed by atoms with Crippen LogP contribution in [0, 0.1) is 0 Å². The van der Waals surface area contributed by atoms with Gasteiger partial charge in [-0.25, -0.2) is 0 Å². The second-order valence-electron chi connectivity index (χ2n) is 9.58. The van der Waals surface area contributed by atoms with Crippen LogP contribution in [-0.2, 0) is 22.6 Å². The third kappa shape index (κ3) is 4.82. The maximum atomic E-state index is 14.5. The van der Waals surface area contributed by atoms with Crippen molar-refractivity contribution in [3.8, 4) is 5.75 Å². The van der Waals surface area contributed by atoms with Crippen LogP contribution in [0.1, 0.15) is 24.5 Å². The predicted octanol–water partition coefficient (Wildman–Crippen LogP) is 6.32. The fourth-order valence-electron chi connectivity index (χ4n) is 5.28. The summed E-state index contributed by atoms with van der Waals surface area (Å²) in [4.78, 5) is 35.7. The van der Waals surface area contributed by atoms with Crippen molar-refractivity contribution in [2.24, 2.45) is 0 Å². The van der Waals surface area contributed by atoms with Gasteiger partial charge in [0.05, 0.1) is 29.0 Å². The smallest absolute Gasteiger partial charge is 0.249 e. The molecule has 2 amide bonds. The van der Waals surface area contributed by atoms with Crippen molar-refractivity contribution in [2.75, 3.05) is 18.6 Å². The van der Waals surface area contributed by atoms with Crippen LogP contribution < -0.4 is 9.64 Å². The molecule has 1 aliphatic rings. The van der Waals surface area contributed by atoms with Crippen molar-refractivity contribution >= 4 is 51.5 Å². The van der Waals surface area contributed by atoms with E-state index in [4.69, 9.17) is 27.9 Å². The summed E-state index contributed by atoms with van der Waals surface area (Å²) < 4.78 is 5.69. The van der Waals surface area contributed by atoms with Gasteiger partial charge >= 0.3 is 0 Å². The van der Waals surface area contributed by atoms with Gasteiger partial charge in [-0.05, 0) is 53.6 Å². The molecule has 4 aromatic rings. The van der Waals surface area contributed by atoms with Crippen molar-refractivity contribution in [1.82, 2.24) is 9.88 Å². The first kappa shape index (κ1) is 26.0. The van der Waals surface area contributed by atoms with Gasteiger partial charge in [0.1, 0.15) is 11.3 Å². The molecule has 0 aliphatic carbocycles. The fourth-order valence-corrected chi connectivity index (χ4v) is 5.60. The molecule has 1 aromatic heterocycles. The quantitative estimate of drug-likeness (QED) is 0.283. The zero-order valence-corrected chi connectivity index (χ0v) is 22.7. The van der Waals surface area contributed by atoms with Crippen molar-refractivity contribution in [3.63, 3.8) is 0 Å². The highest BCUT2D eigenvalue weighted by Gasteiger charge is 2.48. The van der Waals surface area contributed by atoms with Gasteiger partial charge < -0.3 is 9.64 Å². The van der Waals surface area contributed by atoms with Gasteiger partial charge in [-0.2, -0.15) is 0 Å². The molecule has 0 bridgehead atoms. The summed E-state index contributed by atoms with van der Waals surface area (Å²) in [5.41, 5.74) is 1.02. The molecule has 1 atom stereocenters. The molecular weight excluding hydrogens is 521 g/mol. The average Bonchev–Trinajstić information content (AvgIpc) is 3.01. The van der Waals surface area contributed by atoms with E-state index in [0.29, 0.717) is 28.0 Å². The summed E-state index contributed by atoms with van der Waals surface area (Å²) in [5.74, 6) is 0.372. The molecule has 0 radical (unpaired) electrons. The third-order valence-corrected chi connectivity index (χ3v) is 7.83. The minimum absolute atomic E-state index is 0.152. The SMILES string of the molecule is COc1ccc2ccccc2c1CN1CCC(=O)N(c2cccnc2)C(C)(Cc2ccc(Cl)c(Cl)c2)C1=O. The number of hydrogen-bond acceptors (Lipinski definition) is 4. The first-order chi connectivity index (χ1) is 18.3. The van der Waals surface area contributed by atoms with E-state index in [1.54, 1.807) is 60.5 Å². The van der Waals surface area contributed by atoms with E-state index in [9.17, 15) is 9.59 Å². The van der Waals surface area contributed by atoms with E-state index in [1.807, 2.05) is 42.5 Å². The Morgan fingerprint density at radius 3 is 2.55 bits per heavy atom. The van der Waals surface area contributed by atoms with Gasteiger partial charge in [0, 0.05) is 37.7 Å². The summed E-state index contributed by atoms with van der Waals surface area (Å²) in [6, 6.07) is 20.8. The number of amides is 2. The van der Waals surface area contributed by atoms with E-state index in [1.165, 1.54) is 0 Å². The van der Waals surface area contributed by atoms with E-state index in [-0.39, 0.29) is 31.2 Å². The summed E-state index contributed by atoms with van der Waals surface area (Å²) in [5, 5.41) is 2.88. The van der Waals surface area contributed by atoms with Gasteiger partial charge in [-0.15, -0.1) is 0 Å². The zero-order chi connectivity index (χ0) is 26.9. The maximum absolute atomic E-state index is 14.5. The summed E-state index contributed by atoms with van der Waals surface area (Å²) in [7, 11) is 1.62. The molecule has 0 N–H and O–H groups in total. The molecule has 3 aromatic carbocycles. The largest absolute Gasteiger partial charge is 0.496 e. The predicted molar refractivity (Wildman–Crippen MR) is 151 cm³/mol. The number of halogens is 2. The van der Waals surface area contributed by atoms with E-state index in [2.05, 4.69) is 4.98 Å². The minimum Gasteiger partial charge on any atom is -0.496 e. The number of rotatable bonds is 6. The summed E-state index contributed by atoms with van der Waals surface area (Å²) in [6.45, 7) is 2.38. The molecule has 6 nitrogen and oxygen atoms in total. The number of fused-ring (bicyclic) bond motifs is 1. The second-order valence-corrected chi connectivity index (χ2v) is 10.4. The Kier molecular flexibility index (Phi) is 7.28. The number of aromatic nitrogens is 1. The van der Waals surface area contributed by atoms with Crippen LogP contribution >= 0.6 is 23.2 Å². The van der Waals surface area contributed by atoms with Crippen LogP contribution in [-0.4, -0.2) is 40.9 Å². The molecule has 0 spiro atoms. The van der Waals surface area contributed by atoms with Crippen molar-refractivity contribution in [1.29, 1.82) is 0 Å². The van der Waals surface area contributed by atoms with Crippen molar-refractivity contribution in [3.05, 3.63) is 100 Å². The van der Waals surface area contributed by atoms with Gasteiger partial charge in [0.2, 0.25) is 11.8 Å². The van der Waals surface area contributed by atoms with Gasteiger partial charge in [-0.1, -0.05) is 59.6 Å². The number of hydrogen-bond donors (Lipinski definition) is 0. The molecule has 1 unspecified atom stereocenters. The number of carbonyl (C=O) groups is 2. The van der Waals surface area contributed by atoms with Crippen LogP contribution in [0.2, 0.25) is 10.0 Å². The Labute approximate surface area is 231 Å². The van der Waals surface area contributed by atoms with Gasteiger partial charge in [0.15, 0.2) is 0 Å². The summed E-state index contributed by atoms with van der Waals surface area (Å²) >= 11 is 12.5. The monoisotopic (exact) mass is 547 g/mol. The highest BCUT2D eigenvalue weighted by atomic mass is 35.5. The molecule has 5 rings (SSSR count). The number of nitrogens with zero attached hydrogens (tertiary/aromatic N) is 3. The first-order valence-corrected chi connectivity index (χ1v) is 13.1. The first-order valence-electron chi connectivity index (χ1n) is 12.3. The number of ether oxygens (including phenoxy) is 1. The number of benzene rings is 3. The van der Waals surface area contributed by atoms with E-state index < -0.39 is 5.54 Å². The van der Waals surface area contributed by atoms with Crippen LogP contribution in [0.5, 0.6) is 5.75 Å². The lowest BCUT2D eigenvalue weighted by Gasteiger charge is -2.40. The molecule has 8 heteroatoms. The maximum Gasteiger partial charge on any atom is 0.249 e. The topological polar surface area (TPSA) is 62.7 Å². The molecule has 38 heavy (non-hydrogen) atoms. The Bertz CT molecular complexity index is 1510. The fraction of sp³-hybridized carbons (Fsp3) is 0.233. The van der Waals surface area contributed by atoms with E-state index >= 15 is 0 Å². The highest BCUT2D eigenvalue weighted by Crippen LogP contribution is 2.36. The second kappa shape index (κ2) is 10.6. The zero-order valence-electron chi connectivity index (χ0n) is 21.2. The number of carbonyl (C=O) groups excluding carboxylic acids is 2. The lowest BCUT2D eigenvalue weighted by molar-refractivity contribution is -0.137. The molecule has 1 aliphatic heterocycles. The third-order valence-electron chi connectivity index (χ3n) is 7.09. The van der Waals surface area contributed by atoms with Gasteiger partial charge in [-0.3, -0.25) is 19.5 Å². The van der Waals surface area contributed by atoms with Gasteiger partial charge in [0.25, 0.3) is 0 Å². The number of anilines is 1. The average molecular weight is 548 g/mol. The molecule has 0 saturated carbocycles. The molecular formula is C30H27Cl2N3O3. The minimum atomic E-state index is -1.24. The Hall–Kier alpha value is -3.61. The molecule has 1 fully saturated rings. The Morgan fingerprint density at radius 2 is 1.82 bits per heavy atom. The van der Waals surface area contributed by atoms with Crippen LogP contribution in [0.25, 0.3) is 10.8 Å². The summed E-state index contributed by atoms with van der Waals surface area (Å²) in [6.07, 6.45) is 3.67. The van der Waals surface area contributed by atoms with Crippen molar-refractivity contribution in [2.45, 2.75) is 31.8 Å². The molecule has 1 saturated heterocycles. The standard InChI is InChI=1S/C30H27Cl2N3O3/c1-30(17-20-9-11-25(31)26(32)16-20)29(37)34(15-13-28(36)35(30)22-7-5-14-33-18-22)19-24-23-8-4-3-6-21(23)10-12-27(24)38-2/h3-12,14,16,18H,13,15,17,19H2,1-2H3. The molecule has 2 heterocycles. The number of methoxy groups -OCH3 is 1. The van der Waals surface area contributed by atoms with Crippen LogP contribution in [0.15, 0.2) is 79.1 Å². The van der Waals surface area contributed by atoms with Crippen LogP contribution in [0.3, 0.4) is 0 Å². The normalized spacial score (nSPS) is 18.1. The van der Waals surface area contributed by atoms with Crippen molar-refractivity contribution < 1.29 is 14.3 Å². The lowest BCUT2D eigenvalue weighted by atomic mass is 9.88. The van der Waals surface area contributed by atoms with Crippen LogP contribution in [0.4, 0.5) is 5.69 Å². The Morgan fingerprint density at radius 1 is 1.00 bits per heavy atom.